The Morgan fingerprint density at radius 1 is 0.917 bits per heavy atom. The van der Waals surface area contributed by atoms with Gasteiger partial charge in [0.15, 0.2) is 4.73 Å². The number of carbonyl (C=O) groups excluding carboxylic acids is 1. The van der Waals surface area contributed by atoms with E-state index in [9.17, 15) is 13.6 Å². The van der Waals surface area contributed by atoms with Crippen LogP contribution in [0, 0.1) is 11.6 Å². The van der Waals surface area contributed by atoms with Crippen molar-refractivity contribution in [3.8, 4) is 22.6 Å². The fourth-order valence-corrected chi connectivity index (χ4v) is 3.62. The summed E-state index contributed by atoms with van der Waals surface area (Å²) in [5.41, 5.74) is 2.28. The Morgan fingerprint density at radius 2 is 1.64 bits per heavy atom. The molecule has 0 saturated heterocycles. The minimum Gasteiger partial charge on any atom is -0.496 e. The maximum atomic E-state index is 14.4. The molecule has 0 fully saturated rings. The monoisotopic (exact) mass is 548 g/mol. The van der Waals surface area contributed by atoms with Crippen molar-refractivity contribution in [3.63, 3.8) is 0 Å². The van der Waals surface area contributed by atoms with Crippen molar-refractivity contribution in [1.29, 1.82) is 0 Å². The summed E-state index contributed by atoms with van der Waals surface area (Å²) in [5, 5.41) is 0. The number of benzene rings is 3. The van der Waals surface area contributed by atoms with E-state index in [4.69, 9.17) is 4.74 Å². The molecule has 0 bridgehead atoms. The first-order valence-corrected chi connectivity index (χ1v) is 11.5. The molecule has 0 saturated carbocycles. The Hall–Kier alpha value is -4.24. The van der Waals surface area contributed by atoms with Gasteiger partial charge >= 0.3 is 0 Å². The molecule has 36 heavy (non-hydrogen) atoms. The molecule has 9 heteroatoms. The van der Waals surface area contributed by atoms with Crippen molar-refractivity contribution in [2.75, 3.05) is 7.11 Å². The average molecular weight is 549 g/mol. The van der Waals surface area contributed by atoms with E-state index in [1.165, 1.54) is 43.8 Å². The molecule has 2 aromatic heterocycles. The minimum atomic E-state index is -0.410. The van der Waals surface area contributed by atoms with Gasteiger partial charge in [0.05, 0.1) is 12.7 Å². The molecule has 0 amide bonds. The van der Waals surface area contributed by atoms with Crippen molar-refractivity contribution >= 4 is 21.7 Å². The molecule has 0 spiro atoms. The number of carbonyl (C=O) groups is 1. The Bertz CT molecular complexity index is 1480. The van der Waals surface area contributed by atoms with Gasteiger partial charge in [0.25, 0.3) is 0 Å². The molecule has 0 aliphatic heterocycles. The summed E-state index contributed by atoms with van der Waals surface area (Å²) in [6.07, 6.45) is 6.45. The van der Waals surface area contributed by atoms with Crippen LogP contribution in [0.3, 0.4) is 0 Å². The van der Waals surface area contributed by atoms with E-state index in [0.29, 0.717) is 32.9 Å². The van der Waals surface area contributed by atoms with Gasteiger partial charge < -0.3 is 9.30 Å². The number of ether oxygens (including phenoxy) is 1. The highest BCUT2D eigenvalue weighted by Crippen LogP contribution is 2.33. The topological polar surface area (TPSA) is 69.9 Å². The van der Waals surface area contributed by atoms with Crippen molar-refractivity contribution < 1.29 is 18.3 Å². The predicted molar refractivity (Wildman–Crippen MR) is 135 cm³/mol. The zero-order valence-corrected chi connectivity index (χ0v) is 20.6. The third-order valence-electron chi connectivity index (χ3n) is 5.08. The summed E-state index contributed by atoms with van der Waals surface area (Å²) in [4.78, 5) is 24.3. The van der Waals surface area contributed by atoms with Gasteiger partial charge in [-0.1, -0.05) is 18.2 Å². The van der Waals surface area contributed by atoms with Crippen LogP contribution in [0.5, 0.6) is 5.75 Å². The molecule has 0 atom stereocenters. The third-order valence-corrected chi connectivity index (χ3v) is 5.49. The fraction of sp³-hybridized carbons (Fsp3) is 0.0370. The van der Waals surface area contributed by atoms with Crippen LogP contribution in [0.1, 0.15) is 16.1 Å². The van der Waals surface area contributed by atoms with Crippen LogP contribution < -0.4 is 4.74 Å². The molecule has 0 unspecified atom stereocenters. The Kier molecular flexibility index (Phi) is 7.92. The van der Waals surface area contributed by atoms with E-state index in [0.717, 1.165) is 0 Å². The molecule has 5 rings (SSSR count). The molecule has 6 nitrogen and oxygen atoms in total. The van der Waals surface area contributed by atoms with Crippen LogP contribution >= 0.6 is 15.9 Å². The van der Waals surface area contributed by atoms with Gasteiger partial charge in [0, 0.05) is 29.8 Å². The van der Waals surface area contributed by atoms with Crippen molar-refractivity contribution in [2.45, 2.75) is 0 Å². The Balaban J connectivity index is 0.000000375. The molecule has 0 N–H and O–H groups in total. The summed E-state index contributed by atoms with van der Waals surface area (Å²) in [5.74, 6) is -0.678. The Labute approximate surface area is 214 Å². The lowest BCUT2D eigenvalue weighted by molar-refractivity contribution is 0.103. The van der Waals surface area contributed by atoms with Crippen molar-refractivity contribution in [3.05, 3.63) is 125 Å². The number of halogens is 3. The summed E-state index contributed by atoms with van der Waals surface area (Å²) in [6.45, 7) is 0. The molecule has 5 aromatic rings. The van der Waals surface area contributed by atoms with Gasteiger partial charge in [0.1, 0.15) is 29.4 Å². The number of rotatable bonds is 5. The fourth-order valence-electron chi connectivity index (χ4n) is 3.39. The van der Waals surface area contributed by atoms with Crippen LogP contribution in [0.25, 0.3) is 16.8 Å². The molecule has 3 aromatic carbocycles. The van der Waals surface area contributed by atoms with Crippen molar-refractivity contribution in [1.82, 2.24) is 19.5 Å². The number of imidazole rings is 1. The van der Waals surface area contributed by atoms with Crippen LogP contribution in [0.2, 0.25) is 0 Å². The largest absolute Gasteiger partial charge is 0.496 e. The number of ketones is 1. The molecule has 0 aliphatic rings. The summed E-state index contributed by atoms with van der Waals surface area (Å²) in [6, 6.07) is 18.9. The summed E-state index contributed by atoms with van der Waals surface area (Å²) in [7, 11) is 1.49. The zero-order chi connectivity index (χ0) is 25.5. The van der Waals surface area contributed by atoms with Gasteiger partial charge in [-0.05, 0) is 76.1 Å². The molecule has 0 radical (unpaired) electrons. The first kappa shape index (κ1) is 24.9. The number of aromatic nitrogens is 4. The number of nitrogens with zero attached hydrogens (tertiary/aromatic N) is 4. The lowest BCUT2D eigenvalue weighted by atomic mass is 10.0. The van der Waals surface area contributed by atoms with E-state index < -0.39 is 5.82 Å². The summed E-state index contributed by atoms with van der Waals surface area (Å²) >= 11 is 3.09. The highest BCUT2D eigenvalue weighted by molar-refractivity contribution is 9.10. The minimum absolute atomic E-state index is 0.227. The van der Waals surface area contributed by atoms with Crippen LogP contribution in [-0.2, 0) is 0 Å². The standard InChI is InChI=1S/C23H16F2N2O2.C4H3BrN2/c1-29-21-7-3-6-19(25)22(21)16-4-2-5-18(12-16)27-13-20(26-14-27)23(28)15-8-10-17(24)11-9-15;5-4-6-2-1-3-7-4/h2-14H,1H3;1-3H. The smallest absolute Gasteiger partial charge is 0.212 e. The first-order chi connectivity index (χ1) is 17.5. The second kappa shape index (κ2) is 11.5. The maximum absolute atomic E-state index is 14.4. The van der Waals surface area contributed by atoms with Crippen LogP contribution in [-0.4, -0.2) is 32.4 Å². The number of methoxy groups -OCH3 is 1. The third kappa shape index (κ3) is 5.87. The second-order valence-corrected chi connectivity index (χ2v) is 8.10. The lowest BCUT2D eigenvalue weighted by Gasteiger charge is -2.11. The molecular formula is C27H19BrF2N4O2. The molecule has 0 aliphatic carbocycles. The normalized spacial score (nSPS) is 10.3. The second-order valence-electron chi connectivity index (χ2n) is 7.39. The van der Waals surface area contributed by atoms with Gasteiger partial charge in [-0.2, -0.15) is 0 Å². The number of hydrogen-bond acceptors (Lipinski definition) is 5. The van der Waals surface area contributed by atoms with E-state index in [-0.39, 0.29) is 17.3 Å². The quantitative estimate of drug-likeness (QED) is 0.190. The summed E-state index contributed by atoms with van der Waals surface area (Å²) < 4.78 is 35.1. The maximum Gasteiger partial charge on any atom is 0.212 e. The average Bonchev–Trinajstić information content (AvgIpc) is 3.40. The lowest BCUT2D eigenvalue weighted by Crippen LogP contribution is -2.01. The van der Waals surface area contributed by atoms with Gasteiger partial charge in [0.2, 0.25) is 5.78 Å². The highest BCUT2D eigenvalue weighted by Gasteiger charge is 2.15. The van der Waals surface area contributed by atoms with E-state index >= 15 is 0 Å². The van der Waals surface area contributed by atoms with Gasteiger partial charge in [-0.15, -0.1) is 0 Å². The van der Waals surface area contributed by atoms with Crippen molar-refractivity contribution in [2.24, 2.45) is 0 Å². The first-order valence-electron chi connectivity index (χ1n) is 10.7. The Morgan fingerprint density at radius 3 is 2.31 bits per heavy atom. The van der Waals surface area contributed by atoms with E-state index in [2.05, 4.69) is 30.9 Å². The highest BCUT2D eigenvalue weighted by atomic mass is 79.9. The molecule has 2 heterocycles. The zero-order valence-electron chi connectivity index (χ0n) is 19.0. The molecule has 180 valence electrons. The van der Waals surface area contributed by atoms with E-state index in [1.54, 1.807) is 59.6 Å². The SMILES string of the molecule is Brc1ncccn1.COc1cccc(F)c1-c1cccc(-n2cnc(C(=O)c3ccc(F)cc3)c2)c1. The van der Waals surface area contributed by atoms with Gasteiger partial charge in [-0.25, -0.2) is 23.7 Å². The van der Waals surface area contributed by atoms with Crippen LogP contribution in [0.15, 0.2) is 102 Å². The predicted octanol–water partition coefficient (Wildman–Crippen LogP) is 6.30. The van der Waals surface area contributed by atoms with E-state index in [1.807, 2.05) is 6.07 Å². The number of hydrogen-bond donors (Lipinski definition) is 0. The molecular weight excluding hydrogens is 530 g/mol. The van der Waals surface area contributed by atoms with Gasteiger partial charge in [-0.3, -0.25) is 4.79 Å². The van der Waals surface area contributed by atoms with Crippen LogP contribution in [0.4, 0.5) is 8.78 Å².